The summed E-state index contributed by atoms with van der Waals surface area (Å²) in [6, 6.07) is 0.927. The van der Waals surface area contributed by atoms with Gasteiger partial charge in [0, 0.05) is 12.4 Å². The lowest BCUT2D eigenvalue weighted by atomic mass is 9.76. The third kappa shape index (κ3) is 2.45. The van der Waals surface area contributed by atoms with E-state index in [9.17, 15) is 0 Å². The standard InChI is InChI=1S/C15H26BNO3/c1-14(2)15(3,4)20-16(19-14)8-11-6-12-9-18-10-13(7-11)17(12)5/h6,12-13H,7-10H2,1-5H3. The second-order valence-corrected chi connectivity index (χ2v) is 7.34. The van der Waals surface area contributed by atoms with Gasteiger partial charge in [-0.25, -0.2) is 0 Å². The van der Waals surface area contributed by atoms with Crippen molar-refractivity contribution in [3.63, 3.8) is 0 Å². The molecule has 0 radical (unpaired) electrons. The van der Waals surface area contributed by atoms with Crippen molar-refractivity contribution in [1.82, 2.24) is 4.90 Å². The van der Waals surface area contributed by atoms with Gasteiger partial charge >= 0.3 is 7.12 Å². The van der Waals surface area contributed by atoms with Gasteiger partial charge in [0.2, 0.25) is 0 Å². The van der Waals surface area contributed by atoms with Gasteiger partial charge in [-0.15, -0.1) is 0 Å². The van der Waals surface area contributed by atoms with E-state index < -0.39 is 0 Å². The first-order chi connectivity index (χ1) is 9.28. The molecule has 0 aromatic carbocycles. The molecule has 0 saturated carbocycles. The Bertz CT molecular complexity index is 405. The first kappa shape index (κ1) is 14.6. The van der Waals surface area contributed by atoms with Crippen LogP contribution in [0.5, 0.6) is 0 Å². The molecule has 3 aliphatic rings. The van der Waals surface area contributed by atoms with Gasteiger partial charge in [-0.1, -0.05) is 11.6 Å². The number of rotatable bonds is 2. The summed E-state index contributed by atoms with van der Waals surface area (Å²) in [5.74, 6) is 0. The van der Waals surface area contributed by atoms with Gasteiger partial charge in [-0.2, -0.15) is 0 Å². The number of fused-ring (bicyclic) bond motifs is 2. The van der Waals surface area contributed by atoms with Crippen molar-refractivity contribution < 1.29 is 14.0 Å². The summed E-state index contributed by atoms with van der Waals surface area (Å²) in [7, 11) is 2.08. The molecule has 0 aromatic heterocycles. The molecule has 0 spiro atoms. The molecule has 3 rings (SSSR count). The molecule has 2 atom stereocenters. The van der Waals surface area contributed by atoms with E-state index in [1.54, 1.807) is 0 Å². The second-order valence-electron chi connectivity index (χ2n) is 7.34. The highest BCUT2D eigenvalue weighted by atomic mass is 16.7. The Morgan fingerprint density at radius 1 is 1.20 bits per heavy atom. The zero-order valence-electron chi connectivity index (χ0n) is 13.3. The Morgan fingerprint density at radius 3 is 2.45 bits per heavy atom. The normalized spacial score (nSPS) is 36.0. The number of morpholine rings is 1. The van der Waals surface area contributed by atoms with Crippen LogP contribution in [0.4, 0.5) is 0 Å². The van der Waals surface area contributed by atoms with Gasteiger partial charge in [0.05, 0.1) is 30.5 Å². The van der Waals surface area contributed by atoms with Crippen LogP contribution in [0.15, 0.2) is 11.6 Å². The predicted molar refractivity (Wildman–Crippen MR) is 79.7 cm³/mol. The molecule has 20 heavy (non-hydrogen) atoms. The minimum absolute atomic E-state index is 0.115. The average molecular weight is 279 g/mol. The summed E-state index contributed by atoms with van der Waals surface area (Å²) in [4.78, 5) is 2.43. The van der Waals surface area contributed by atoms with Crippen LogP contribution in [0.3, 0.4) is 0 Å². The Kier molecular flexibility index (Phi) is 3.52. The van der Waals surface area contributed by atoms with Crippen LogP contribution in [0.1, 0.15) is 34.1 Å². The van der Waals surface area contributed by atoms with Gasteiger partial charge in [0.25, 0.3) is 0 Å². The molecule has 3 aliphatic heterocycles. The van der Waals surface area contributed by atoms with Crippen LogP contribution in [0, 0.1) is 0 Å². The number of nitrogens with zero attached hydrogens (tertiary/aromatic N) is 1. The smallest absolute Gasteiger partial charge is 0.403 e. The molecule has 0 N–H and O–H groups in total. The largest absolute Gasteiger partial charge is 0.462 e. The molecule has 0 aliphatic carbocycles. The van der Waals surface area contributed by atoms with E-state index in [-0.39, 0.29) is 18.3 Å². The maximum atomic E-state index is 6.11. The van der Waals surface area contributed by atoms with Crippen LogP contribution in [0.25, 0.3) is 0 Å². The van der Waals surface area contributed by atoms with E-state index in [2.05, 4.69) is 45.7 Å². The zero-order chi connectivity index (χ0) is 14.5. The number of hydrogen-bond acceptors (Lipinski definition) is 4. The molecule has 2 unspecified atom stereocenters. The molecule has 0 aromatic rings. The highest BCUT2D eigenvalue weighted by Gasteiger charge is 2.51. The minimum Gasteiger partial charge on any atom is -0.403 e. The Labute approximate surface area is 122 Å². The maximum absolute atomic E-state index is 6.11. The quantitative estimate of drug-likeness (QED) is 0.572. The summed E-state index contributed by atoms with van der Waals surface area (Å²) < 4.78 is 17.9. The molecule has 5 heteroatoms. The molecule has 112 valence electrons. The highest BCUT2D eigenvalue weighted by molar-refractivity contribution is 6.46. The van der Waals surface area contributed by atoms with Gasteiger partial charge in [0.1, 0.15) is 0 Å². The van der Waals surface area contributed by atoms with Crippen molar-refractivity contribution in [3.05, 3.63) is 11.6 Å². The summed E-state index contributed by atoms with van der Waals surface area (Å²) in [6.07, 6.45) is 4.30. The topological polar surface area (TPSA) is 30.9 Å². The molecule has 4 nitrogen and oxygen atoms in total. The fourth-order valence-corrected chi connectivity index (χ4v) is 3.26. The second kappa shape index (κ2) is 4.84. The first-order valence-corrected chi connectivity index (χ1v) is 7.63. The SMILES string of the molecule is CN1C2C=C(CB3OC(C)(C)C(C)(C)O3)CC1COC2. The van der Waals surface area contributed by atoms with E-state index in [0.717, 1.165) is 26.0 Å². The van der Waals surface area contributed by atoms with Crippen molar-refractivity contribution in [2.75, 3.05) is 20.3 Å². The lowest BCUT2D eigenvalue weighted by Crippen LogP contribution is -2.51. The van der Waals surface area contributed by atoms with Crippen LogP contribution < -0.4 is 0 Å². The molecule has 3 heterocycles. The van der Waals surface area contributed by atoms with Crippen LogP contribution in [-0.2, 0) is 14.0 Å². The fourth-order valence-electron chi connectivity index (χ4n) is 3.26. The summed E-state index contributed by atoms with van der Waals surface area (Å²) in [6.45, 7) is 10.1. The highest BCUT2D eigenvalue weighted by Crippen LogP contribution is 2.39. The van der Waals surface area contributed by atoms with Crippen molar-refractivity contribution >= 4 is 7.12 Å². The third-order valence-corrected chi connectivity index (χ3v) is 5.35. The molecule has 2 fully saturated rings. The van der Waals surface area contributed by atoms with Crippen LogP contribution in [0.2, 0.25) is 6.32 Å². The Morgan fingerprint density at radius 2 is 1.85 bits per heavy atom. The molecular formula is C15H26BNO3. The van der Waals surface area contributed by atoms with Crippen molar-refractivity contribution in [1.29, 1.82) is 0 Å². The van der Waals surface area contributed by atoms with E-state index >= 15 is 0 Å². The van der Waals surface area contributed by atoms with E-state index in [1.807, 2.05) is 0 Å². The van der Waals surface area contributed by atoms with Gasteiger partial charge in [-0.05, 0) is 41.2 Å². The van der Waals surface area contributed by atoms with Gasteiger partial charge < -0.3 is 14.0 Å². The minimum atomic E-state index is -0.233. The molecular weight excluding hydrogens is 253 g/mol. The third-order valence-electron chi connectivity index (χ3n) is 5.35. The zero-order valence-corrected chi connectivity index (χ0v) is 13.3. The maximum Gasteiger partial charge on any atom is 0.462 e. The molecule has 0 amide bonds. The first-order valence-electron chi connectivity index (χ1n) is 7.63. The summed E-state index contributed by atoms with van der Waals surface area (Å²) >= 11 is 0. The van der Waals surface area contributed by atoms with E-state index in [0.29, 0.717) is 12.1 Å². The van der Waals surface area contributed by atoms with E-state index in [4.69, 9.17) is 14.0 Å². The fraction of sp³-hybridized carbons (Fsp3) is 0.867. The summed E-state index contributed by atoms with van der Waals surface area (Å²) in [5.41, 5.74) is 0.991. The van der Waals surface area contributed by atoms with E-state index in [1.165, 1.54) is 5.57 Å². The predicted octanol–water partition coefficient (Wildman–Crippen LogP) is 2.11. The van der Waals surface area contributed by atoms with Gasteiger partial charge in [-0.3, -0.25) is 4.90 Å². The van der Waals surface area contributed by atoms with Crippen LogP contribution >= 0.6 is 0 Å². The van der Waals surface area contributed by atoms with Crippen molar-refractivity contribution in [2.24, 2.45) is 0 Å². The average Bonchev–Trinajstić information content (AvgIpc) is 2.48. The lowest BCUT2D eigenvalue weighted by Gasteiger charge is -2.42. The monoisotopic (exact) mass is 279 g/mol. The number of likely N-dealkylation sites (N-methyl/N-ethyl adjacent to an activating group) is 1. The Balaban J connectivity index is 1.68. The summed E-state index contributed by atoms with van der Waals surface area (Å²) in [5, 5.41) is 0. The molecule has 2 saturated heterocycles. The number of ether oxygens (including phenoxy) is 1. The van der Waals surface area contributed by atoms with Gasteiger partial charge in [0.15, 0.2) is 0 Å². The van der Waals surface area contributed by atoms with Crippen molar-refractivity contribution in [2.45, 2.75) is 63.7 Å². The number of hydrogen-bond donors (Lipinski definition) is 0. The van der Waals surface area contributed by atoms with Crippen molar-refractivity contribution in [3.8, 4) is 0 Å². The Hall–Kier alpha value is -0.355. The lowest BCUT2D eigenvalue weighted by molar-refractivity contribution is -0.0257. The van der Waals surface area contributed by atoms with Crippen LogP contribution in [-0.4, -0.2) is 55.6 Å². The molecule has 2 bridgehead atoms.